The van der Waals surface area contributed by atoms with Crippen LogP contribution in [-0.2, 0) is 17.7 Å². The number of hydrogen-bond acceptors (Lipinski definition) is 3. The number of rotatable bonds is 4. The van der Waals surface area contributed by atoms with Crippen LogP contribution in [0.2, 0.25) is 0 Å². The van der Waals surface area contributed by atoms with E-state index in [1.54, 1.807) is 0 Å². The van der Waals surface area contributed by atoms with Crippen molar-refractivity contribution < 1.29 is 4.74 Å². The van der Waals surface area contributed by atoms with Gasteiger partial charge in [0.1, 0.15) is 5.69 Å². The first kappa shape index (κ1) is 16.5. The summed E-state index contributed by atoms with van der Waals surface area (Å²) >= 11 is 0. The van der Waals surface area contributed by atoms with E-state index in [1.807, 2.05) is 0 Å². The van der Waals surface area contributed by atoms with Gasteiger partial charge in [-0.2, -0.15) is 5.10 Å². The molecule has 1 aliphatic heterocycles. The fourth-order valence-electron chi connectivity index (χ4n) is 3.92. The Labute approximate surface area is 158 Å². The summed E-state index contributed by atoms with van der Waals surface area (Å²) in [4.78, 5) is 5.98. The molecule has 27 heavy (non-hydrogen) atoms. The van der Waals surface area contributed by atoms with Gasteiger partial charge in [0.05, 0.1) is 24.4 Å². The summed E-state index contributed by atoms with van der Waals surface area (Å²) in [6.07, 6.45) is 1.03. The zero-order valence-electron chi connectivity index (χ0n) is 15.6. The molecule has 5 nitrogen and oxygen atoms in total. The average Bonchev–Trinajstić information content (AvgIpc) is 3.31. The SMILES string of the molecule is CCc1ccc2c(-c3cc4cc(CN5CCOCC5)ccc4[nH]3)n[nH]c2c1. The topological polar surface area (TPSA) is 56.9 Å². The Hall–Kier alpha value is -2.63. The predicted octanol–water partition coefficient (Wildman–Crippen LogP) is 4.11. The van der Waals surface area contributed by atoms with Crippen molar-refractivity contribution in [3.8, 4) is 11.4 Å². The molecule has 0 atom stereocenters. The molecule has 1 aliphatic rings. The summed E-state index contributed by atoms with van der Waals surface area (Å²) in [6, 6.07) is 15.4. The lowest BCUT2D eigenvalue weighted by Gasteiger charge is -2.26. The van der Waals surface area contributed by atoms with Crippen LogP contribution < -0.4 is 0 Å². The molecule has 0 saturated carbocycles. The van der Waals surface area contributed by atoms with E-state index in [0.717, 1.165) is 67.1 Å². The first-order valence-corrected chi connectivity index (χ1v) is 9.69. The van der Waals surface area contributed by atoms with E-state index in [4.69, 9.17) is 4.74 Å². The highest BCUT2D eigenvalue weighted by molar-refractivity contribution is 5.96. The fourth-order valence-corrected chi connectivity index (χ4v) is 3.92. The van der Waals surface area contributed by atoms with Gasteiger partial charge in [0.2, 0.25) is 0 Å². The summed E-state index contributed by atoms with van der Waals surface area (Å²) in [6.45, 7) is 6.84. The second-order valence-electron chi connectivity index (χ2n) is 7.30. The zero-order valence-corrected chi connectivity index (χ0v) is 15.6. The maximum absolute atomic E-state index is 5.45. The van der Waals surface area contributed by atoms with Crippen LogP contribution in [0.5, 0.6) is 0 Å². The monoisotopic (exact) mass is 360 g/mol. The molecule has 0 spiro atoms. The number of fused-ring (bicyclic) bond motifs is 2. The van der Waals surface area contributed by atoms with Crippen LogP contribution in [0.3, 0.4) is 0 Å². The first-order valence-electron chi connectivity index (χ1n) is 9.69. The smallest absolute Gasteiger partial charge is 0.116 e. The second kappa shape index (κ2) is 6.83. The number of benzene rings is 2. The number of hydrogen-bond donors (Lipinski definition) is 2. The third kappa shape index (κ3) is 3.13. The number of morpholine rings is 1. The Bertz CT molecular complexity index is 1090. The Morgan fingerprint density at radius 2 is 1.85 bits per heavy atom. The number of nitrogens with zero attached hydrogens (tertiary/aromatic N) is 2. The number of nitrogens with one attached hydrogen (secondary N) is 2. The van der Waals surface area contributed by atoms with Crippen LogP contribution in [0.1, 0.15) is 18.1 Å². The molecule has 1 saturated heterocycles. The fraction of sp³-hybridized carbons (Fsp3) is 0.318. The van der Waals surface area contributed by atoms with Gasteiger partial charge in [-0.25, -0.2) is 0 Å². The number of ether oxygens (including phenoxy) is 1. The Morgan fingerprint density at radius 3 is 2.70 bits per heavy atom. The van der Waals surface area contributed by atoms with Crippen molar-refractivity contribution in [2.75, 3.05) is 26.3 Å². The van der Waals surface area contributed by atoms with Gasteiger partial charge >= 0.3 is 0 Å². The van der Waals surface area contributed by atoms with Crippen LogP contribution in [-0.4, -0.2) is 46.4 Å². The lowest BCUT2D eigenvalue weighted by atomic mass is 10.1. The molecular weight excluding hydrogens is 336 g/mol. The normalized spacial score (nSPS) is 15.7. The number of aryl methyl sites for hydroxylation is 1. The maximum atomic E-state index is 5.45. The summed E-state index contributed by atoms with van der Waals surface area (Å²) in [5, 5.41) is 10.1. The van der Waals surface area contributed by atoms with Gasteiger partial charge in [0, 0.05) is 35.9 Å². The van der Waals surface area contributed by atoms with Gasteiger partial charge in [0.25, 0.3) is 0 Å². The van der Waals surface area contributed by atoms with Crippen LogP contribution >= 0.6 is 0 Å². The molecule has 0 bridgehead atoms. The van der Waals surface area contributed by atoms with Gasteiger partial charge in [-0.1, -0.05) is 25.1 Å². The minimum absolute atomic E-state index is 0.836. The minimum Gasteiger partial charge on any atom is -0.379 e. The number of aromatic nitrogens is 3. The van der Waals surface area contributed by atoms with Crippen LogP contribution in [0.4, 0.5) is 0 Å². The van der Waals surface area contributed by atoms with Crippen molar-refractivity contribution in [1.29, 1.82) is 0 Å². The van der Waals surface area contributed by atoms with Crippen molar-refractivity contribution in [3.05, 3.63) is 53.6 Å². The zero-order chi connectivity index (χ0) is 18.2. The van der Waals surface area contributed by atoms with E-state index in [0.29, 0.717) is 0 Å². The molecule has 2 N–H and O–H groups in total. The quantitative estimate of drug-likeness (QED) is 0.576. The second-order valence-corrected chi connectivity index (χ2v) is 7.30. The van der Waals surface area contributed by atoms with Crippen molar-refractivity contribution in [2.24, 2.45) is 0 Å². The largest absolute Gasteiger partial charge is 0.379 e. The van der Waals surface area contributed by atoms with Crippen molar-refractivity contribution in [3.63, 3.8) is 0 Å². The summed E-state index contributed by atoms with van der Waals surface area (Å²) in [7, 11) is 0. The molecule has 4 aromatic rings. The lowest BCUT2D eigenvalue weighted by Crippen LogP contribution is -2.35. The van der Waals surface area contributed by atoms with E-state index in [2.05, 4.69) is 69.5 Å². The minimum atomic E-state index is 0.836. The Kier molecular flexibility index (Phi) is 4.19. The molecule has 2 aromatic carbocycles. The summed E-state index contributed by atoms with van der Waals surface area (Å²) in [5.74, 6) is 0. The van der Waals surface area contributed by atoms with E-state index < -0.39 is 0 Å². The number of aromatic amines is 2. The predicted molar refractivity (Wildman–Crippen MR) is 109 cm³/mol. The first-order chi connectivity index (χ1) is 13.3. The molecule has 138 valence electrons. The van der Waals surface area contributed by atoms with Gasteiger partial charge in [-0.15, -0.1) is 0 Å². The van der Waals surface area contributed by atoms with Crippen LogP contribution in [0, 0.1) is 0 Å². The summed E-state index contributed by atoms with van der Waals surface area (Å²) in [5.41, 5.74) is 6.95. The molecule has 1 fully saturated rings. The van der Waals surface area contributed by atoms with Crippen molar-refractivity contribution >= 4 is 21.8 Å². The van der Waals surface area contributed by atoms with E-state index >= 15 is 0 Å². The molecule has 0 radical (unpaired) electrons. The molecule has 5 heteroatoms. The van der Waals surface area contributed by atoms with Gasteiger partial charge in [0.15, 0.2) is 0 Å². The lowest BCUT2D eigenvalue weighted by molar-refractivity contribution is 0.0342. The Morgan fingerprint density at radius 1 is 1.00 bits per heavy atom. The molecule has 3 heterocycles. The Balaban J connectivity index is 1.47. The van der Waals surface area contributed by atoms with Crippen molar-refractivity contribution in [1.82, 2.24) is 20.1 Å². The molecule has 2 aromatic heterocycles. The van der Waals surface area contributed by atoms with E-state index in [9.17, 15) is 0 Å². The molecule has 0 unspecified atom stereocenters. The number of H-pyrrole nitrogens is 2. The molecule has 5 rings (SSSR count). The highest BCUT2D eigenvalue weighted by Crippen LogP contribution is 2.29. The van der Waals surface area contributed by atoms with Gasteiger partial charge < -0.3 is 9.72 Å². The highest BCUT2D eigenvalue weighted by atomic mass is 16.5. The van der Waals surface area contributed by atoms with Gasteiger partial charge in [-0.3, -0.25) is 10.00 Å². The molecule has 0 aliphatic carbocycles. The van der Waals surface area contributed by atoms with Crippen LogP contribution in [0.15, 0.2) is 42.5 Å². The maximum Gasteiger partial charge on any atom is 0.116 e. The third-order valence-electron chi connectivity index (χ3n) is 5.49. The standard InChI is InChI=1S/C22H24N4O/c1-2-15-3-5-18-20(12-15)24-25-22(18)21-13-17-11-16(4-6-19(17)23-21)14-26-7-9-27-10-8-26/h3-6,11-13,23H,2,7-10,14H2,1H3,(H,24,25). The van der Waals surface area contributed by atoms with Crippen LogP contribution in [0.25, 0.3) is 33.2 Å². The third-order valence-corrected chi connectivity index (χ3v) is 5.49. The average molecular weight is 360 g/mol. The molecule has 0 amide bonds. The highest BCUT2D eigenvalue weighted by Gasteiger charge is 2.13. The molecular formula is C22H24N4O. The van der Waals surface area contributed by atoms with Gasteiger partial charge in [-0.05, 0) is 41.8 Å². The van der Waals surface area contributed by atoms with E-state index in [1.165, 1.54) is 16.5 Å². The summed E-state index contributed by atoms with van der Waals surface area (Å²) < 4.78 is 5.45. The van der Waals surface area contributed by atoms with Crippen molar-refractivity contribution in [2.45, 2.75) is 19.9 Å². The van der Waals surface area contributed by atoms with E-state index in [-0.39, 0.29) is 0 Å².